The van der Waals surface area contributed by atoms with Crippen molar-refractivity contribution in [1.29, 1.82) is 0 Å². The summed E-state index contributed by atoms with van der Waals surface area (Å²) < 4.78 is 2.10. The minimum absolute atomic E-state index is 0.0640. The van der Waals surface area contributed by atoms with E-state index in [4.69, 9.17) is 0 Å². The summed E-state index contributed by atoms with van der Waals surface area (Å²) in [6.07, 6.45) is 1.30. The van der Waals surface area contributed by atoms with Crippen molar-refractivity contribution in [3.63, 3.8) is 0 Å². The summed E-state index contributed by atoms with van der Waals surface area (Å²) in [6, 6.07) is 1.90. The van der Waals surface area contributed by atoms with Crippen molar-refractivity contribution in [2.24, 2.45) is 5.41 Å². The first kappa shape index (κ1) is 16.9. The van der Waals surface area contributed by atoms with E-state index in [1.54, 1.807) is 0 Å². The Labute approximate surface area is 146 Å². The lowest BCUT2D eigenvalue weighted by Gasteiger charge is -2.26. The molecule has 1 N–H and O–H groups in total. The zero-order chi connectivity index (χ0) is 17.6. The number of ketones is 1. The smallest absolute Gasteiger partial charge is 0.259 e. The molecule has 1 aliphatic carbocycles. The molecule has 1 aliphatic rings. The van der Waals surface area contributed by atoms with Gasteiger partial charge in [-0.3, -0.25) is 14.9 Å². The number of thiazole rings is 1. The molecule has 6 heteroatoms. The quantitative estimate of drug-likeness (QED) is 0.915. The van der Waals surface area contributed by atoms with Crippen LogP contribution in [0.4, 0.5) is 5.13 Å². The maximum Gasteiger partial charge on any atom is 0.259 e. The van der Waals surface area contributed by atoms with Crippen molar-refractivity contribution < 1.29 is 9.59 Å². The van der Waals surface area contributed by atoms with Gasteiger partial charge in [-0.15, -0.1) is 0 Å². The molecule has 0 aromatic carbocycles. The number of rotatable bonds is 3. The van der Waals surface area contributed by atoms with Crippen LogP contribution in [0.1, 0.15) is 64.3 Å². The van der Waals surface area contributed by atoms with Crippen LogP contribution in [0.25, 0.3) is 0 Å². The number of nitrogens with zero attached hydrogens (tertiary/aromatic N) is 2. The van der Waals surface area contributed by atoms with Crippen LogP contribution in [0.2, 0.25) is 0 Å². The summed E-state index contributed by atoms with van der Waals surface area (Å²) in [5.74, 6) is -0.0379. The van der Waals surface area contributed by atoms with E-state index in [-0.39, 0.29) is 17.1 Å². The number of aromatic nitrogens is 2. The van der Waals surface area contributed by atoms with Gasteiger partial charge in [-0.25, -0.2) is 4.98 Å². The lowest BCUT2D eigenvalue weighted by Crippen LogP contribution is -2.26. The van der Waals surface area contributed by atoms with E-state index in [0.717, 1.165) is 30.0 Å². The standard InChI is InChI=1S/C18H23N3O2S/c1-6-21-10(2)7-12(11(21)3)16(23)20-17-19-13-8-18(4,5)9-14(22)15(13)24-17/h7H,6,8-9H2,1-5H3,(H,19,20,23). The molecule has 0 bridgehead atoms. The number of hydrogen-bond acceptors (Lipinski definition) is 4. The molecule has 0 fully saturated rings. The van der Waals surface area contributed by atoms with Gasteiger partial charge in [0.1, 0.15) is 0 Å². The molecule has 0 unspecified atom stereocenters. The lowest BCUT2D eigenvalue weighted by atomic mass is 9.78. The number of aryl methyl sites for hydroxylation is 1. The van der Waals surface area contributed by atoms with Crippen LogP contribution in [-0.2, 0) is 13.0 Å². The molecule has 0 saturated carbocycles. The Kier molecular flexibility index (Phi) is 4.11. The lowest BCUT2D eigenvalue weighted by molar-refractivity contribution is 0.0915. The number of anilines is 1. The van der Waals surface area contributed by atoms with Crippen molar-refractivity contribution in [3.8, 4) is 0 Å². The summed E-state index contributed by atoms with van der Waals surface area (Å²) in [5, 5.41) is 3.38. The fraction of sp³-hybridized carbons (Fsp3) is 0.500. The third kappa shape index (κ3) is 2.90. The first-order valence-corrected chi connectivity index (χ1v) is 9.04. The van der Waals surface area contributed by atoms with Crippen molar-refractivity contribution in [1.82, 2.24) is 9.55 Å². The van der Waals surface area contributed by atoms with Crippen molar-refractivity contribution in [3.05, 3.63) is 33.6 Å². The van der Waals surface area contributed by atoms with E-state index in [2.05, 4.69) is 35.6 Å². The first-order valence-electron chi connectivity index (χ1n) is 8.23. The maximum absolute atomic E-state index is 12.6. The second kappa shape index (κ2) is 5.84. The molecule has 0 saturated heterocycles. The Balaban J connectivity index is 1.85. The molecule has 0 radical (unpaired) electrons. The van der Waals surface area contributed by atoms with Gasteiger partial charge >= 0.3 is 0 Å². The van der Waals surface area contributed by atoms with Crippen molar-refractivity contribution in [2.75, 3.05) is 5.32 Å². The minimum atomic E-state index is -0.166. The van der Waals surface area contributed by atoms with Gasteiger partial charge in [-0.1, -0.05) is 25.2 Å². The third-order valence-corrected chi connectivity index (χ3v) is 5.64. The Morgan fingerprint density at radius 1 is 1.38 bits per heavy atom. The summed E-state index contributed by atoms with van der Waals surface area (Å²) in [7, 11) is 0. The molecule has 2 aromatic rings. The van der Waals surface area contributed by atoms with Gasteiger partial charge in [0, 0.05) is 24.4 Å². The highest BCUT2D eigenvalue weighted by atomic mass is 32.1. The third-order valence-electron chi connectivity index (χ3n) is 4.59. The van der Waals surface area contributed by atoms with Crippen LogP contribution in [-0.4, -0.2) is 21.2 Å². The summed E-state index contributed by atoms with van der Waals surface area (Å²) in [4.78, 5) is 30.1. The molecule has 1 amide bonds. The number of amides is 1. The monoisotopic (exact) mass is 345 g/mol. The van der Waals surface area contributed by atoms with Gasteiger partial charge in [0.15, 0.2) is 10.9 Å². The topological polar surface area (TPSA) is 64.0 Å². The Bertz CT molecular complexity index is 830. The number of carbonyl (C=O) groups is 2. The van der Waals surface area contributed by atoms with Crippen LogP contribution in [0, 0.1) is 19.3 Å². The van der Waals surface area contributed by atoms with Crippen molar-refractivity contribution >= 4 is 28.2 Å². The fourth-order valence-electron chi connectivity index (χ4n) is 3.46. The van der Waals surface area contributed by atoms with Crippen LogP contribution >= 0.6 is 11.3 Å². The van der Waals surface area contributed by atoms with E-state index < -0.39 is 0 Å². The molecular weight excluding hydrogens is 322 g/mol. The number of carbonyl (C=O) groups excluding carboxylic acids is 2. The molecule has 0 spiro atoms. The first-order chi connectivity index (χ1) is 11.2. The largest absolute Gasteiger partial charge is 0.349 e. The van der Waals surface area contributed by atoms with Crippen LogP contribution in [0.15, 0.2) is 6.07 Å². The SMILES string of the molecule is CCn1c(C)cc(C(=O)Nc2nc3c(s2)C(=O)CC(C)(C)C3)c1C. The van der Waals surface area contributed by atoms with Crippen molar-refractivity contribution in [2.45, 2.75) is 54.0 Å². The molecule has 0 atom stereocenters. The molecule has 0 aliphatic heterocycles. The number of Topliss-reactive ketones (excluding diaryl/α,β-unsaturated/α-hetero) is 1. The molecule has 128 valence electrons. The molecule has 24 heavy (non-hydrogen) atoms. The van der Waals surface area contributed by atoms with E-state index in [9.17, 15) is 9.59 Å². The zero-order valence-corrected chi connectivity index (χ0v) is 15.6. The summed E-state index contributed by atoms with van der Waals surface area (Å²) in [6.45, 7) is 11.0. The van der Waals surface area contributed by atoms with E-state index in [1.165, 1.54) is 11.3 Å². The summed E-state index contributed by atoms with van der Waals surface area (Å²) >= 11 is 1.29. The van der Waals surface area contributed by atoms with E-state index >= 15 is 0 Å². The number of fused-ring (bicyclic) bond motifs is 1. The van der Waals surface area contributed by atoms with Crippen LogP contribution in [0.3, 0.4) is 0 Å². The van der Waals surface area contributed by atoms with Gasteiger partial charge in [0.2, 0.25) is 0 Å². The number of hydrogen-bond donors (Lipinski definition) is 1. The van der Waals surface area contributed by atoms with E-state index in [1.807, 2.05) is 19.9 Å². The maximum atomic E-state index is 12.6. The predicted octanol–water partition coefficient (Wildman–Crippen LogP) is 3.99. The predicted molar refractivity (Wildman–Crippen MR) is 96.1 cm³/mol. The van der Waals surface area contributed by atoms with Crippen LogP contribution in [0.5, 0.6) is 0 Å². The second-order valence-corrected chi connectivity index (χ2v) is 8.22. The fourth-order valence-corrected chi connectivity index (χ4v) is 4.37. The molecule has 3 rings (SSSR count). The van der Waals surface area contributed by atoms with E-state index in [0.29, 0.717) is 22.0 Å². The highest BCUT2D eigenvalue weighted by molar-refractivity contribution is 7.17. The van der Waals surface area contributed by atoms with Crippen LogP contribution < -0.4 is 5.32 Å². The average molecular weight is 345 g/mol. The number of nitrogens with one attached hydrogen (secondary N) is 1. The Morgan fingerprint density at radius 2 is 2.08 bits per heavy atom. The second-order valence-electron chi connectivity index (χ2n) is 7.22. The molecule has 5 nitrogen and oxygen atoms in total. The normalized spacial score (nSPS) is 16.1. The minimum Gasteiger partial charge on any atom is -0.349 e. The molecular formula is C18H23N3O2S. The average Bonchev–Trinajstić information content (AvgIpc) is 2.98. The van der Waals surface area contributed by atoms with Gasteiger partial charge in [-0.05, 0) is 38.7 Å². The van der Waals surface area contributed by atoms with Gasteiger partial charge in [-0.2, -0.15) is 0 Å². The molecule has 2 aromatic heterocycles. The van der Waals surface area contributed by atoms with Gasteiger partial charge in [0.05, 0.1) is 16.1 Å². The zero-order valence-electron chi connectivity index (χ0n) is 14.8. The van der Waals surface area contributed by atoms with Gasteiger partial charge < -0.3 is 4.57 Å². The highest BCUT2D eigenvalue weighted by Crippen LogP contribution is 2.38. The summed E-state index contributed by atoms with van der Waals surface area (Å²) in [5.41, 5.74) is 3.43. The molecule has 2 heterocycles. The Hall–Kier alpha value is -1.95. The highest BCUT2D eigenvalue weighted by Gasteiger charge is 2.34. The Morgan fingerprint density at radius 3 is 2.71 bits per heavy atom. The van der Waals surface area contributed by atoms with Gasteiger partial charge in [0.25, 0.3) is 5.91 Å².